The number of amides is 2. The molecule has 3 rings (SSSR count). The molecule has 2 aromatic rings. The molecule has 1 aliphatic carbocycles. The standard InChI is InChI=1S/C26H30N2O6/c1-33-25(31)23(20-13-8-14-21(29)16-20)28-24(30)22(15-18-9-4-2-5-10-18)27-26(32)34-17-19-11-6-3-7-12-19/h2-7,9-12,20,22-23H,8,13-17H2,1H3,(H,27,32)(H,28,30)/t20-,22+,23-/m1/s1. The van der Waals surface area contributed by atoms with Crippen LogP contribution in [0.2, 0.25) is 0 Å². The normalized spacial score (nSPS) is 17.2. The van der Waals surface area contributed by atoms with E-state index < -0.39 is 30.1 Å². The Hall–Kier alpha value is -3.68. The van der Waals surface area contributed by atoms with Crippen LogP contribution in [0.3, 0.4) is 0 Å². The van der Waals surface area contributed by atoms with E-state index >= 15 is 0 Å². The molecule has 0 saturated heterocycles. The van der Waals surface area contributed by atoms with E-state index in [1.54, 1.807) is 0 Å². The van der Waals surface area contributed by atoms with Gasteiger partial charge in [-0.1, -0.05) is 60.7 Å². The quantitative estimate of drug-likeness (QED) is 0.550. The summed E-state index contributed by atoms with van der Waals surface area (Å²) in [6.07, 6.45) is 1.42. The minimum atomic E-state index is -0.989. The van der Waals surface area contributed by atoms with E-state index in [0.29, 0.717) is 19.3 Å². The van der Waals surface area contributed by atoms with Gasteiger partial charge in [0.15, 0.2) is 0 Å². The van der Waals surface area contributed by atoms with Crippen molar-refractivity contribution in [3.8, 4) is 0 Å². The summed E-state index contributed by atoms with van der Waals surface area (Å²) in [6, 6.07) is 16.4. The molecule has 2 amide bonds. The van der Waals surface area contributed by atoms with Crippen molar-refractivity contribution in [2.75, 3.05) is 7.11 Å². The monoisotopic (exact) mass is 466 g/mol. The summed E-state index contributed by atoms with van der Waals surface area (Å²) in [4.78, 5) is 50.1. The Labute approximate surface area is 199 Å². The van der Waals surface area contributed by atoms with Gasteiger partial charge in [0.05, 0.1) is 7.11 Å². The highest BCUT2D eigenvalue weighted by atomic mass is 16.5. The van der Waals surface area contributed by atoms with Crippen molar-refractivity contribution in [2.24, 2.45) is 5.92 Å². The van der Waals surface area contributed by atoms with Crippen LogP contribution in [0.25, 0.3) is 0 Å². The third-order valence-electron chi connectivity index (χ3n) is 5.85. The van der Waals surface area contributed by atoms with Crippen LogP contribution in [0.5, 0.6) is 0 Å². The van der Waals surface area contributed by atoms with E-state index in [0.717, 1.165) is 11.1 Å². The van der Waals surface area contributed by atoms with Crippen LogP contribution in [0.15, 0.2) is 60.7 Å². The Morgan fingerprint density at radius 2 is 1.62 bits per heavy atom. The van der Waals surface area contributed by atoms with Crippen molar-refractivity contribution >= 4 is 23.8 Å². The van der Waals surface area contributed by atoms with Gasteiger partial charge in [-0.15, -0.1) is 0 Å². The molecule has 0 bridgehead atoms. The highest BCUT2D eigenvalue weighted by Gasteiger charge is 2.36. The Balaban J connectivity index is 1.71. The minimum Gasteiger partial charge on any atom is -0.467 e. The number of esters is 1. The third kappa shape index (κ3) is 7.43. The van der Waals surface area contributed by atoms with E-state index in [9.17, 15) is 19.2 Å². The second-order valence-electron chi connectivity index (χ2n) is 8.35. The van der Waals surface area contributed by atoms with Crippen molar-refractivity contribution in [3.05, 3.63) is 71.8 Å². The molecule has 2 N–H and O–H groups in total. The largest absolute Gasteiger partial charge is 0.467 e. The van der Waals surface area contributed by atoms with Crippen LogP contribution in [0.1, 0.15) is 36.8 Å². The molecule has 0 aliphatic heterocycles. The lowest BCUT2D eigenvalue weighted by atomic mass is 9.83. The van der Waals surface area contributed by atoms with Gasteiger partial charge in [0, 0.05) is 19.3 Å². The number of hydrogen-bond donors (Lipinski definition) is 2. The highest BCUT2D eigenvalue weighted by molar-refractivity contribution is 5.90. The van der Waals surface area contributed by atoms with Gasteiger partial charge in [-0.05, 0) is 29.9 Å². The zero-order valence-electron chi connectivity index (χ0n) is 19.2. The molecule has 34 heavy (non-hydrogen) atoms. The first-order valence-corrected chi connectivity index (χ1v) is 11.4. The maximum Gasteiger partial charge on any atom is 0.408 e. The molecule has 8 heteroatoms. The molecule has 3 atom stereocenters. The van der Waals surface area contributed by atoms with Crippen molar-refractivity contribution in [3.63, 3.8) is 0 Å². The van der Waals surface area contributed by atoms with E-state index in [1.165, 1.54) is 7.11 Å². The Bertz CT molecular complexity index is 979. The molecule has 1 aliphatic rings. The molecule has 0 spiro atoms. The molecule has 0 aromatic heterocycles. The Morgan fingerprint density at radius 3 is 2.24 bits per heavy atom. The number of rotatable bonds is 9. The summed E-state index contributed by atoms with van der Waals surface area (Å²) >= 11 is 0. The van der Waals surface area contributed by atoms with Crippen molar-refractivity contribution < 1.29 is 28.7 Å². The van der Waals surface area contributed by atoms with Crippen LogP contribution in [-0.2, 0) is 36.9 Å². The van der Waals surface area contributed by atoms with Crippen LogP contribution >= 0.6 is 0 Å². The summed E-state index contributed by atoms with van der Waals surface area (Å²) in [5.41, 5.74) is 1.64. The van der Waals surface area contributed by atoms with Gasteiger partial charge in [-0.2, -0.15) is 0 Å². The summed E-state index contributed by atoms with van der Waals surface area (Å²) in [5, 5.41) is 5.34. The SMILES string of the molecule is COC(=O)[C@H](NC(=O)[C@H](Cc1ccccc1)NC(=O)OCc1ccccc1)[C@@H]1CCCC(=O)C1. The first kappa shape index (κ1) is 25.0. The second-order valence-corrected chi connectivity index (χ2v) is 8.35. The van der Waals surface area contributed by atoms with Crippen LogP contribution in [0.4, 0.5) is 4.79 Å². The first-order valence-electron chi connectivity index (χ1n) is 11.4. The van der Waals surface area contributed by atoms with Crippen LogP contribution < -0.4 is 10.6 Å². The maximum atomic E-state index is 13.2. The molecule has 1 saturated carbocycles. The molecular formula is C26H30N2O6. The number of Topliss-reactive ketones (excluding diaryl/α,β-unsaturated/α-hetero) is 1. The number of ketones is 1. The number of carbonyl (C=O) groups is 4. The van der Waals surface area contributed by atoms with Gasteiger partial charge < -0.3 is 20.1 Å². The van der Waals surface area contributed by atoms with Gasteiger partial charge in [0.2, 0.25) is 5.91 Å². The molecule has 0 heterocycles. The Morgan fingerprint density at radius 1 is 0.971 bits per heavy atom. The summed E-state index contributed by atoms with van der Waals surface area (Å²) in [7, 11) is 1.24. The van der Waals surface area contributed by atoms with Crippen molar-refractivity contribution in [1.82, 2.24) is 10.6 Å². The molecule has 0 radical (unpaired) electrons. The molecule has 8 nitrogen and oxygen atoms in total. The van der Waals surface area contributed by atoms with Gasteiger partial charge in [0.1, 0.15) is 24.5 Å². The van der Waals surface area contributed by atoms with Gasteiger partial charge >= 0.3 is 12.1 Å². The predicted octanol–water partition coefficient (Wildman–Crippen LogP) is 2.94. The molecule has 1 fully saturated rings. The average molecular weight is 467 g/mol. The lowest BCUT2D eigenvalue weighted by Crippen LogP contribution is -2.55. The maximum absolute atomic E-state index is 13.2. The van der Waals surface area contributed by atoms with E-state index in [4.69, 9.17) is 9.47 Å². The number of benzene rings is 2. The van der Waals surface area contributed by atoms with Gasteiger partial charge in [-0.25, -0.2) is 9.59 Å². The zero-order valence-corrected chi connectivity index (χ0v) is 19.2. The topological polar surface area (TPSA) is 111 Å². The second kappa shape index (κ2) is 12.5. The number of nitrogens with one attached hydrogen (secondary N) is 2. The van der Waals surface area contributed by atoms with Gasteiger partial charge in [0.25, 0.3) is 0 Å². The molecule has 2 aromatic carbocycles. The molecule has 0 unspecified atom stereocenters. The Kier molecular flexibility index (Phi) is 9.20. The number of alkyl carbamates (subject to hydrolysis) is 1. The average Bonchev–Trinajstić information content (AvgIpc) is 2.86. The van der Waals surface area contributed by atoms with Crippen LogP contribution in [0, 0.1) is 5.92 Å². The summed E-state index contributed by atoms with van der Waals surface area (Å²) in [6.45, 7) is 0.0569. The fourth-order valence-corrected chi connectivity index (χ4v) is 4.06. The first-order chi connectivity index (χ1) is 16.5. The smallest absolute Gasteiger partial charge is 0.408 e. The van der Waals surface area contributed by atoms with Gasteiger partial charge in [-0.3, -0.25) is 9.59 Å². The van der Waals surface area contributed by atoms with Crippen molar-refractivity contribution in [1.29, 1.82) is 0 Å². The third-order valence-corrected chi connectivity index (χ3v) is 5.85. The zero-order chi connectivity index (χ0) is 24.3. The summed E-state index contributed by atoms with van der Waals surface area (Å²) < 4.78 is 10.2. The van der Waals surface area contributed by atoms with E-state index in [-0.39, 0.29) is 31.1 Å². The van der Waals surface area contributed by atoms with Crippen molar-refractivity contribution in [2.45, 2.75) is 50.8 Å². The molecule has 180 valence electrons. The summed E-state index contributed by atoms with van der Waals surface area (Å²) in [5.74, 6) is -1.45. The van der Waals surface area contributed by atoms with E-state index in [2.05, 4.69) is 10.6 Å². The van der Waals surface area contributed by atoms with E-state index in [1.807, 2.05) is 60.7 Å². The fourth-order valence-electron chi connectivity index (χ4n) is 4.06. The number of ether oxygens (including phenoxy) is 2. The lowest BCUT2D eigenvalue weighted by Gasteiger charge is -2.29. The highest BCUT2D eigenvalue weighted by Crippen LogP contribution is 2.25. The minimum absolute atomic E-state index is 0.0569. The predicted molar refractivity (Wildman–Crippen MR) is 125 cm³/mol. The number of carbonyl (C=O) groups excluding carboxylic acids is 4. The molecular weight excluding hydrogens is 436 g/mol. The lowest BCUT2D eigenvalue weighted by molar-refractivity contribution is -0.147. The number of methoxy groups -OCH3 is 1. The number of hydrogen-bond acceptors (Lipinski definition) is 6. The fraction of sp³-hybridized carbons (Fsp3) is 0.385. The van der Waals surface area contributed by atoms with Crippen LogP contribution in [-0.4, -0.2) is 42.9 Å².